The van der Waals surface area contributed by atoms with E-state index in [1.807, 2.05) is 19.3 Å². The van der Waals surface area contributed by atoms with Crippen LogP contribution in [0, 0.1) is 5.41 Å². The molecule has 2 fully saturated rings. The maximum atomic E-state index is 10.1. The Morgan fingerprint density at radius 3 is 2.78 bits per heavy atom. The number of aromatic nitrogens is 5. The number of hydrogen-bond donors (Lipinski definition) is 1. The molecule has 1 N–H and O–H groups in total. The fourth-order valence-corrected chi connectivity index (χ4v) is 5.39. The predicted octanol–water partition coefficient (Wildman–Crippen LogP) is 3.19. The molecule has 5 heterocycles. The molecule has 2 aliphatic heterocycles. The maximum absolute atomic E-state index is 10.1. The first-order chi connectivity index (χ1) is 15.5. The van der Waals surface area contributed by atoms with Gasteiger partial charge in [-0.05, 0) is 55.2 Å². The van der Waals surface area contributed by atoms with Gasteiger partial charge >= 0.3 is 0 Å². The second-order valence-corrected chi connectivity index (χ2v) is 9.40. The topological polar surface area (TPSA) is 81.2 Å². The monoisotopic (exact) mass is 432 g/mol. The number of piperidine rings is 1. The number of rotatable bonds is 3. The summed E-state index contributed by atoms with van der Waals surface area (Å²) in [5, 5.41) is 15.9. The van der Waals surface area contributed by atoms with Gasteiger partial charge in [0.15, 0.2) is 11.5 Å². The van der Waals surface area contributed by atoms with Crippen molar-refractivity contribution >= 4 is 27.9 Å². The molecule has 6 rings (SSSR count). The first kappa shape index (κ1) is 19.7. The number of aryl methyl sites for hydroxylation is 1. The minimum atomic E-state index is -0.151. The van der Waals surface area contributed by atoms with E-state index in [1.54, 1.807) is 10.9 Å². The van der Waals surface area contributed by atoms with E-state index < -0.39 is 0 Å². The summed E-state index contributed by atoms with van der Waals surface area (Å²) in [7, 11) is 2.03. The summed E-state index contributed by atoms with van der Waals surface area (Å²) in [6.07, 6.45) is 7.46. The van der Waals surface area contributed by atoms with E-state index in [1.165, 1.54) is 5.39 Å². The van der Waals surface area contributed by atoms with E-state index in [0.29, 0.717) is 22.9 Å². The predicted molar refractivity (Wildman–Crippen MR) is 123 cm³/mol. The van der Waals surface area contributed by atoms with Crippen molar-refractivity contribution in [1.29, 1.82) is 0 Å². The zero-order chi connectivity index (χ0) is 21.9. The van der Waals surface area contributed by atoms with Gasteiger partial charge in [0.2, 0.25) is 0 Å². The van der Waals surface area contributed by atoms with Crippen molar-refractivity contribution in [3.63, 3.8) is 0 Å². The van der Waals surface area contributed by atoms with Crippen LogP contribution in [0.15, 0.2) is 36.7 Å². The third-order valence-electron chi connectivity index (χ3n) is 7.23. The van der Waals surface area contributed by atoms with Crippen molar-refractivity contribution in [3.05, 3.63) is 42.4 Å². The van der Waals surface area contributed by atoms with Gasteiger partial charge in [0.05, 0.1) is 31.2 Å². The third kappa shape index (κ3) is 3.09. The fourth-order valence-electron chi connectivity index (χ4n) is 5.39. The molecule has 2 aliphatic rings. The molecule has 8 heteroatoms. The van der Waals surface area contributed by atoms with Gasteiger partial charge in [-0.1, -0.05) is 6.07 Å². The summed E-state index contributed by atoms with van der Waals surface area (Å²) in [6, 6.07) is 8.32. The van der Waals surface area contributed by atoms with Crippen LogP contribution in [0.5, 0.6) is 0 Å². The average molecular weight is 433 g/mol. The van der Waals surface area contributed by atoms with E-state index >= 15 is 0 Å². The van der Waals surface area contributed by atoms with Crippen LogP contribution in [0.2, 0.25) is 0 Å². The molecule has 32 heavy (non-hydrogen) atoms. The number of aliphatic hydroxyl groups is 1. The van der Waals surface area contributed by atoms with Crippen LogP contribution in [-0.2, 0) is 18.4 Å². The van der Waals surface area contributed by atoms with Crippen molar-refractivity contribution in [2.24, 2.45) is 12.5 Å². The van der Waals surface area contributed by atoms with Crippen LogP contribution in [0.3, 0.4) is 0 Å². The van der Waals surface area contributed by atoms with E-state index in [2.05, 4.69) is 39.7 Å². The minimum Gasteiger partial charge on any atom is -0.390 e. The van der Waals surface area contributed by atoms with Gasteiger partial charge in [0.1, 0.15) is 11.2 Å². The number of nitrogens with zero attached hydrogens (tertiary/aromatic N) is 6. The molecule has 166 valence electrons. The summed E-state index contributed by atoms with van der Waals surface area (Å²) in [5.41, 5.74) is 4.36. The van der Waals surface area contributed by atoms with Crippen LogP contribution in [-0.4, -0.2) is 55.2 Å². The van der Waals surface area contributed by atoms with Crippen molar-refractivity contribution in [1.82, 2.24) is 24.3 Å². The maximum Gasteiger partial charge on any atom is 0.182 e. The SMILES string of the molecule is C[C@H]1CC2(CCN(c3nc4cnn(-c5ccc6ccn(C)c6c5)c4nc3CO)CC2)CO1. The van der Waals surface area contributed by atoms with Gasteiger partial charge < -0.3 is 19.3 Å². The third-order valence-corrected chi connectivity index (χ3v) is 7.23. The van der Waals surface area contributed by atoms with E-state index in [4.69, 9.17) is 14.7 Å². The molecule has 8 nitrogen and oxygen atoms in total. The Morgan fingerprint density at radius 1 is 1.19 bits per heavy atom. The van der Waals surface area contributed by atoms with Crippen molar-refractivity contribution in [2.45, 2.75) is 38.9 Å². The molecule has 1 spiro atoms. The highest BCUT2D eigenvalue weighted by atomic mass is 16.5. The summed E-state index contributed by atoms with van der Waals surface area (Å²) in [6.45, 7) is 4.68. The number of aliphatic hydroxyl groups excluding tert-OH is 1. The smallest absolute Gasteiger partial charge is 0.182 e. The molecular weight excluding hydrogens is 404 g/mol. The second-order valence-electron chi connectivity index (χ2n) is 9.40. The summed E-state index contributed by atoms with van der Waals surface area (Å²) in [4.78, 5) is 12.0. The van der Waals surface area contributed by atoms with Gasteiger partial charge in [-0.15, -0.1) is 0 Å². The van der Waals surface area contributed by atoms with Crippen molar-refractivity contribution in [2.75, 3.05) is 24.6 Å². The molecule has 0 amide bonds. The molecule has 3 aromatic heterocycles. The molecule has 0 bridgehead atoms. The molecule has 0 aliphatic carbocycles. The lowest BCUT2D eigenvalue weighted by molar-refractivity contribution is 0.0975. The number of fused-ring (bicyclic) bond motifs is 2. The lowest BCUT2D eigenvalue weighted by Gasteiger charge is -2.39. The first-order valence-corrected chi connectivity index (χ1v) is 11.3. The Labute approximate surface area is 186 Å². The number of anilines is 1. The first-order valence-electron chi connectivity index (χ1n) is 11.3. The highest BCUT2D eigenvalue weighted by molar-refractivity contribution is 5.83. The number of benzene rings is 1. The van der Waals surface area contributed by atoms with Crippen LogP contribution in [0.1, 0.15) is 31.9 Å². The summed E-state index contributed by atoms with van der Waals surface area (Å²) < 4.78 is 9.76. The Bertz CT molecular complexity index is 1300. The standard InChI is InChI=1S/C24H28N6O2/c1-16-12-24(15-32-16)6-9-29(10-7-24)22-20(14-31)27-23-19(26-22)13-25-30(23)18-4-3-17-5-8-28(2)21(17)11-18/h3-5,8,11,13,16,31H,6-7,9-10,12,14-15H2,1-2H3/t16-/m0/s1. The normalized spacial score (nSPS) is 20.7. The average Bonchev–Trinajstić information content (AvgIpc) is 3.50. The Hall–Kier alpha value is -2.97. The van der Waals surface area contributed by atoms with Gasteiger partial charge in [-0.3, -0.25) is 0 Å². The quantitative estimate of drug-likeness (QED) is 0.536. The van der Waals surface area contributed by atoms with Crippen LogP contribution < -0.4 is 4.90 Å². The highest BCUT2D eigenvalue weighted by Crippen LogP contribution is 2.42. The van der Waals surface area contributed by atoms with Crippen molar-refractivity contribution in [3.8, 4) is 5.69 Å². The fraction of sp³-hybridized carbons (Fsp3) is 0.458. The van der Waals surface area contributed by atoms with Crippen molar-refractivity contribution < 1.29 is 9.84 Å². The molecule has 1 aromatic carbocycles. The molecular formula is C24H28N6O2. The van der Waals surface area contributed by atoms with E-state index in [-0.39, 0.29) is 6.61 Å². The van der Waals surface area contributed by atoms with E-state index in [0.717, 1.165) is 61.5 Å². The lowest BCUT2D eigenvalue weighted by atomic mass is 9.77. The molecule has 1 atom stereocenters. The molecule has 2 saturated heterocycles. The minimum absolute atomic E-state index is 0.151. The van der Waals surface area contributed by atoms with Crippen LogP contribution in [0.4, 0.5) is 5.82 Å². The highest BCUT2D eigenvalue weighted by Gasteiger charge is 2.41. The Kier molecular flexibility index (Phi) is 4.48. The molecule has 0 radical (unpaired) electrons. The Morgan fingerprint density at radius 2 is 2.03 bits per heavy atom. The lowest BCUT2D eigenvalue weighted by Crippen LogP contribution is -2.41. The van der Waals surface area contributed by atoms with Gasteiger partial charge in [-0.2, -0.15) is 5.10 Å². The van der Waals surface area contributed by atoms with Crippen LogP contribution >= 0.6 is 0 Å². The second kappa shape index (κ2) is 7.28. The summed E-state index contributed by atoms with van der Waals surface area (Å²) >= 11 is 0. The van der Waals surface area contributed by atoms with Gasteiger partial charge in [-0.25, -0.2) is 14.6 Å². The van der Waals surface area contributed by atoms with E-state index in [9.17, 15) is 5.11 Å². The largest absolute Gasteiger partial charge is 0.390 e. The molecule has 0 saturated carbocycles. The summed E-state index contributed by atoms with van der Waals surface area (Å²) in [5.74, 6) is 0.777. The van der Waals surface area contributed by atoms with Gasteiger partial charge in [0, 0.05) is 31.9 Å². The van der Waals surface area contributed by atoms with Crippen LogP contribution in [0.25, 0.3) is 27.8 Å². The molecule has 0 unspecified atom stereocenters. The number of hydrogen-bond acceptors (Lipinski definition) is 6. The van der Waals surface area contributed by atoms with Gasteiger partial charge in [0.25, 0.3) is 0 Å². The Balaban J connectivity index is 1.34. The zero-order valence-corrected chi connectivity index (χ0v) is 18.5. The number of ether oxygens (including phenoxy) is 1. The zero-order valence-electron chi connectivity index (χ0n) is 18.5. The molecule has 4 aromatic rings.